The highest BCUT2D eigenvalue weighted by Crippen LogP contribution is 2.38. The molecule has 9 heteroatoms. The normalized spacial score (nSPS) is 17.8. The highest BCUT2D eigenvalue weighted by atomic mass is 16.6. The fourth-order valence-corrected chi connectivity index (χ4v) is 2.30. The van der Waals surface area contributed by atoms with Gasteiger partial charge in [0.2, 0.25) is 0 Å². The molecule has 109 valence electrons. The molecule has 2 heterocycles. The number of hydrogen-bond acceptors (Lipinski definition) is 6. The van der Waals surface area contributed by atoms with Crippen LogP contribution >= 0.6 is 0 Å². The quantitative estimate of drug-likeness (QED) is 0.471. The zero-order valence-corrected chi connectivity index (χ0v) is 10.9. The van der Waals surface area contributed by atoms with Gasteiger partial charge in [-0.3, -0.25) is 19.7 Å². The van der Waals surface area contributed by atoms with Gasteiger partial charge in [-0.1, -0.05) is 0 Å². The van der Waals surface area contributed by atoms with E-state index in [2.05, 4.69) is 10.6 Å². The minimum atomic E-state index is -0.962. The Labute approximate surface area is 119 Å². The molecule has 0 saturated carbocycles. The Kier molecular flexibility index (Phi) is 3.18. The zero-order chi connectivity index (χ0) is 15.0. The number of rotatable bonds is 2. The van der Waals surface area contributed by atoms with Crippen LogP contribution in [0.15, 0.2) is 12.1 Å². The van der Waals surface area contributed by atoms with Crippen LogP contribution < -0.4 is 15.5 Å². The third kappa shape index (κ3) is 2.38. The molecule has 0 atom stereocenters. The lowest BCUT2D eigenvalue weighted by molar-refractivity contribution is -0.384. The Balaban J connectivity index is 2.06. The summed E-state index contributed by atoms with van der Waals surface area (Å²) in [4.78, 5) is 35.1. The molecule has 2 aliphatic heterocycles. The number of nitro groups is 1. The topological polar surface area (TPSA) is 116 Å². The van der Waals surface area contributed by atoms with Gasteiger partial charge >= 0.3 is 11.8 Å². The Hall–Kier alpha value is -2.68. The molecular weight excluding hydrogens is 280 g/mol. The van der Waals surface area contributed by atoms with Crippen LogP contribution in [0.3, 0.4) is 0 Å². The summed E-state index contributed by atoms with van der Waals surface area (Å²) in [6.07, 6.45) is 0. The third-order valence-corrected chi connectivity index (χ3v) is 3.31. The number of hydrogen-bond donors (Lipinski definition) is 1. The molecule has 1 aromatic rings. The number of anilines is 2. The number of benzene rings is 1. The molecule has 2 amide bonds. The van der Waals surface area contributed by atoms with E-state index in [4.69, 9.17) is 4.74 Å². The van der Waals surface area contributed by atoms with Crippen LogP contribution in [0.2, 0.25) is 0 Å². The number of amides is 2. The first-order valence-corrected chi connectivity index (χ1v) is 6.28. The van der Waals surface area contributed by atoms with Crippen molar-refractivity contribution in [1.29, 1.82) is 0 Å². The Morgan fingerprint density at radius 1 is 1.29 bits per heavy atom. The SMILES string of the molecule is O=C1[N]c2cc([N+](=O)[O-])c(N3CCOCC3)cc2NC1=O. The number of fused-ring (bicyclic) bond motifs is 1. The molecule has 0 aromatic heterocycles. The average molecular weight is 291 g/mol. The summed E-state index contributed by atoms with van der Waals surface area (Å²) in [6.45, 7) is 1.99. The van der Waals surface area contributed by atoms with Crippen LogP contribution in [-0.2, 0) is 14.3 Å². The molecule has 0 bridgehead atoms. The summed E-state index contributed by atoms with van der Waals surface area (Å²) in [7, 11) is 0. The van der Waals surface area contributed by atoms with E-state index < -0.39 is 16.7 Å². The van der Waals surface area contributed by atoms with Gasteiger partial charge in [-0.05, 0) is 6.07 Å². The van der Waals surface area contributed by atoms with Crippen LogP contribution in [0, 0.1) is 10.1 Å². The largest absolute Gasteiger partial charge is 0.378 e. The lowest BCUT2D eigenvalue weighted by Crippen LogP contribution is -2.37. The Bertz CT molecular complexity index is 639. The first kappa shape index (κ1) is 13.3. The van der Waals surface area contributed by atoms with Crippen molar-refractivity contribution in [3.05, 3.63) is 22.2 Å². The van der Waals surface area contributed by atoms with Crippen molar-refractivity contribution in [2.75, 3.05) is 36.5 Å². The molecule has 1 saturated heterocycles. The fourth-order valence-electron chi connectivity index (χ4n) is 2.30. The molecule has 1 aromatic carbocycles. The number of nitro benzene ring substituents is 1. The number of ether oxygens (including phenoxy) is 1. The van der Waals surface area contributed by atoms with Crippen LogP contribution in [0.1, 0.15) is 0 Å². The van der Waals surface area contributed by atoms with Crippen molar-refractivity contribution in [3.8, 4) is 0 Å². The van der Waals surface area contributed by atoms with Crippen molar-refractivity contribution < 1.29 is 19.2 Å². The van der Waals surface area contributed by atoms with Crippen LogP contribution in [0.5, 0.6) is 0 Å². The Morgan fingerprint density at radius 2 is 2.00 bits per heavy atom. The number of morpholine rings is 1. The molecule has 2 aliphatic rings. The number of nitrogens with zero attached hydrogens (tertiary/aromatic N) is 3. The molecule has 21 heavy (non-hydrogen) atoms. The average Bonchev–Trinajstić information content (AvgIpc) is 2.48. The van der Waals surface area contributed by atoms with E-state index in [0.29, 0.717) is 37.7 Å². The Morgan fingerprint density at radius 3 is 2.67 bits per heavy atom. The van der Waals surface area contributed by atoms with Crippen LogP contribution in [0.25, 0.3) is 0 Å². The minimum Gasteiger partial charge on any atom is -0.378 e. The van der Waals surface area contributed by atoms with E-state index in [1.165, 1.54) is 12.1 Å². The van der Waals surface area contributed by atoms with Gasteiger partial charge in [-0.25, -0.2) is 5.32 Å². The maximum absolute atomic E-state index is 11.3. The predicted molar refractivity (Wildman–Crippen MR) is 71.6 cm³/mol. The highest BCUT2D eigenvalue weighted by molar-refractivity contribution is 6.42. The second-order valence-corrected chi connectivity index (χ2v) is 4.59. The van der Waals surface area contributed by atoms with Crippen molar-refractivity contribution in [2.45, 2.75) is 0 Å². The molecule has 1 fully saturated rings. The molecule has 1 N–H and O–H groups in total. The lowest BCUT2D eigenvalue weighted by Gasteiger charge is -2.29. The first-order chi connectivity index (χ1) is 10.1. The van der Waals surface area contributed by atoms with E-state index >= 15 is 0 Å². The van der Waals surface area contributed by atoms with Crippen molar-refractivity contribution >= 4 is 34.6 Å². The molecule has 0 aliphatic carbocycles. The lowest BCUT2D eigenvalue weighted by atomic mass is 10.1. The first-order valence-electron chi connectivity index (χ1n) is 6.28. The molecule has 9 nitrogen and oxygen atoms in total. The minimum absolute atomic E-state index is 0.100. The van der Waals surface area contributed by atoms with Gasteiger partial charge in [0, 0.05) is 19.2 Å². The van der Waals surface area contributed by atoms with E-state index in [0.717, 1.165) is 0 Å². The maximum Gasteiger partial charge on any atom is 0.335 e. The summed E-state index contributed by atoms with van der Waals surface area (Å²) in [6, 6.07) is 2.68. The summed E-state index contributed by atoms with van der Waals surface area (Å²) < 4.78 is 5.22. The van der Waals surface area contributed by atoms with Gasteiger partial charge in [0.1, 0.15) is 5.69 Å². The molecular formula is C12H11N4O5. The summed E-state index contributed by atoms with van der Waals surface area (Å²) in [5, 5.41) is 17.2. The molecule has 0 unspecified atom stereocenters. The van der Waals surface area contributed by atoms with Gasteiger partial charge < -0.3 is 15.0 Å². The van der Waals surface area contributed by atoms with Gasteiger partial charge in [-0.15, -0.1) is 0 Å². The summed E-state index contributed by atoms with van der Waals surface area (Å²) in [5.41, 5.74) is 0.630. The third-order valence-electron chi connectivity index (χ3n) is 3.31. The number of carbonyl (C=O) groups excluding carboxylic acids is 2. The molecule has 0 spiro atoms. The summed E-state index contributed by atoms with van der Waals surface area (Å²) >= 11 is 0. The smallest absolute Gasteiger partial charge is 0.335 e. The van der Waals surface area contributed by atoms with Crippen molar-refractivity contribution in [2.24, 2.45) is 0 Å². The van der Waals surface area contributed by atoms with Crippen LogP contribution in [-0.4, -0.2) is 43.0 Å². The van der Waals surface area contributed by atoms with Gasteiger partial charge in [0.05, 0.1) is 29.5 Å². The van der Waals surface area contributed by atoms with E-state index in [1.807, 2.05) is 4.90 Å². The van der Waals surface area contributed by atoms with Crippen molar-refractivity contribution in [3.63, 3.8) is 0 Å². The van der Waals surface area contributed by atoms with E-state index in [-0.39, 0.29) is 11.4 Å². The van der Waals surface area contributed by atoms with Crippen LogP contribution in [0.4, 0.5) is 22.7 Å². The van der Waals surface area contributed by atoms with Gasteiger partial charge in [0.15, 0.2) is 0 Å². The monoisotopic (exact) mass is 291 g/mol. The molecule has 1 radical (unpaired) electrons. The second kappa shape index (κ2) is 5.02. The van der Waals surface area contributed by atoms with E-state index in [1.54, 1.807) is 0 Å². The zero-order valence-electron chi connectivity index (χ0n) is 10.9. The second-order valence-electron chi connectivity index (χ2n) is 4.59. The standard InChI is InChI=1S/C12H11N4O5/c17-11-12(18)14-8-6-10(16(19)20)9(5-7(8)13-11)15-1-3-21-4-2-15/h5-6H,1-4H2,(H,13,17). The summed E-state index contributed by atoms with van der Waals surface area (Å²) in [5.74, 6) is -1.81. The number of nitrogens with one attached hydrogen (secondary N) is 1. The van der Waals surface area contributed by atoms with E-state index in [9.17, 15) is 19.7 Å². The fraction of sp³-hybridized carbons (Fsp3) is 0.333. The molecule has 3 rings (SSSR count). The van der Waals surface area contributed by atoms with Gasteiger partial charge in [0.25, 0.3) is 5.69 Å². The van der Waals surface area contributed by atoms with Gasteiger partial charge in [-0.2, -0.15) is 0 Å². The highest BCUT2D eigenvalue weighted by Gasteiger charge is 2.30. The maximum atomic E-state index is 11.3. The number of carbonyl (C=O) groups is 2. The van der Waals surface area contributed by atoms with Crippen molar-refractivity contribution in [1.82, 2.24) is 5.32 Å². The predicted octanol–water partition coefficient (Wildman–Crippen LogP) is 0.146.